The number of nitrogens with zero attached hydrogens (tertiary/aromatic N) is 5. The monoisotopic (exact) mass is 535 g/mol. The highest BCUT2D eigenvalue weighted by atomic mass is 79.9. The van der Waals surface area contributed by atoms with Gasteiger partial charge in [-0.15, -0.1) is 11.3 Å². The average Bonchev–Trinajstić information content (AvgIpc) is 3.20. The third kappa shape index (κ3) is 4.04. The Labute approximate surface area is 211 Å². The zero-order chi connectivity index (χ0) is 24.9. The standard InChI is InChI=1S/C26H26BrN5OS/c1-14-10-18(16(3)31(14)24-21(12-28)15(2)17(4)34-24)13-29-32-23(33)20-11-19(27)8-9-22(20)30-25(32)26(5,6)7/h8-11,13H,1-7H3. The molecule has 6 nitrogen and oxygen atoms in total. The van der Waals surface area contributed by atoms with Crippen LogP contribution in [0.25, 0.3) is 15.9 Å². The van der Waals surface area contributed by atoms with Crippen LogP contribution in [0.5, 0.6) is 0 Å². The molecular weight excluding hydrogens is 510 g/mol. The molecule has 0 aliphatic carbocycles. The first-order valence-electron chi connectivity index (χ1n) is 10.9. The van der Waals surface area contributed by atoms with Gasteiger partial charge in [0.2, 0.25) is 0 Å². The molecule has 34 heavy (non-hydrogen) atoms. The molecule has 0 aliphatic rings. The molecular formula is C26H26BrN5OS. The largest absolute Gasteiger partial charge is 0.308 e. The minimum Gasteiger partial charge on any atom is -0.308 e. The van der Waals surface area contributed by atoms with Crippen LogP contribution in [-0.2, 0) is 5.41 Å². The van der Waals surface area contributed by atoms with E-state index in [0.29, 0.717) is 22.3 Å². The van der Waals surface area contributed by atoms with Gasteiger partial charge in [-0.2, -0.15) is 15.0 Å². The lowest BCUT2D eigenvalue weighted by molar-refractivity contribution is 0.506. The van der Waals surface area contributed by atoms with Gasteiger partial charge < -0.3 is 4.57 Å². The van der Waals surface area contributed by atoms with Gasteiger partial charge in [-0.25, -0.2) is 4.98 Å². The maximum absolute atomic E-state index is 13.4. The lowest BCUT2D eigenvalue weighted by Crippen LogP contribution is -2.29. The van der Waals surface area contributed by atoms with Crippen molar-refractivity contribution in [3.05, 3.63) is 77.9 Å². The van der Waals surface area contributed by atoms with Gasteiger partial charge in [-0.3, -0.25) is 4.79 Å². The average molecular weight is 536 g/mol. The van der Waals surface area contributed by atoms with Gasteiger partial charge in [0.1, 0.15) is 16.9 Å². The summed E-state index contributed by atoms with van der Waals surface area (Å²) in [5.41, 5.74) is 4.60. The Bertz CT molecular complexity index is 1570. The molecule has 0 unspecified atom stereocenters. The molecule has 3 heterocycles. The molecule has 174 valence electrons. The van der Waals surface area contributed by atoms with Gasteiger partial charge in [0, 0.05) is 31.7 Å². The quantitative estimate of drug-likeness (QED) is 0.289. The number of nitriles is 1. The van der Waals surface area contributed by atoms with E-state index in [2.05, 4.69) is 31.7 Å². The van der Waals surface area contributed by atoms with E-state index in [1.807, 2.05) is 66.7 Å². The summed E-state index contributed by atoms with van der Waals surface area (Å²) in [4.78, 5) is 19.3. The van der Waals surface area contributed by atoms with Gasteiger partial charge >= 0.3 is 0 Å². The van der Waals surface area contributed by atoms with Crippen LogP contribution < -0.4 is 5.56 Å². The predicted octanol–water partition coefficient (Wildman–Crippen LogP) is 6.30. The topological polar surface area (TPSA) is 76.0 Å². The van der Waals surface area contributed by atoms with Crippen LogP contribution in [0.1, 0.15) is 59.6 Å². The second kappa shape index (κ2) is 8.64. The number of aromatic nitrogens is 3. The molecule has 0 bridgehead atoms. The summed E-state index contributed by atoms with van der Waals surface area (Å²) in [5.74, 6) is 0.591. The van der Waals surface area contributed by atoms with E-state index >= 15 is 0 Å². The molecule has 0 atom stereocenters. The zero-order valence-electron chi connectivity index (χ0n) is 20.3. The normalized spacial score (nSPS) is 12.1. The summed E-state index contributed by atoms with van der Waals surface area (Å²) < 4.78 is 4.31. The van der Waals surface area contributed by atoms with Crippen LogP contribution >= 0.6 is 27.3 Å². The van der Waals surface area contributed by atoms with Gasteiger partial charge in [0.15, 0.2) is 0 Å². The SMILES string of the molecule is Cc1sc(-n2c(C)cc(C=Nn3c(C(C)(C)C)nc4ccc(Br)cc4c3=O)c2C)c(C#N)c1C. The first-order chi connectivity index (χ1) is 15.9. The van der Waals surface area contributed by atoms with E-state index < -0.39 is 0 Å². The summed E-state index contributed by atoms with van der Waals surface area (Å²) >= 11 is 5.06. The number of benzene rings is 1. The van der Waals surface area contributed by atoms with E-state index in [1.165, 1.54) is 4.68 Å². The number of aryl methyl sites for hydroxylation is 2. The molecule has 0 N–H and O–H groups in total. The fourth-order valence-corrected chi connectivity index (χ4v) is 5.57. The van der Waals surface area contributed by atoms with E-state index in [4.69, 9.17) is 4.98 Å². The number of rotatable bonds is 3. The first-order valence-corrected chi connectivity index (χ1v) is 12.5. The van der Waals surface area contributed by atoms with Gasteiger partial charge in [0.25, 0.3) is 5.56 Å². The van der Waals surface area contributed by atoms with Crippen LogP contribution in [0.15, 0.2) is 38.6 Å². The molecule has 0 fully saturated rings. The highest BCUT2D eigenvalue weighted by Crippen LogP contribution is 2.33. The highest BCUT2D eigenvalue weighted by molar-refractivity contribution is 9.10. The smallest absolute Gasteiger partial charge is 0.282 e. The Morgan fingerprint density at radius 1 is 1.18 bits per heavy atom. The Morgan fingerprint density at radius 3 is 2.53 bits per heavy atom. The molecule has 0 radical (unpaired) electrons. The van der Waals surface area contributed by atoms with E-state index in [9.17, 15) is 10.1 Å². The van der Waals surface area contributed by atoms with E-state index in [1.54, 1.807) is 23.6 Å². The molecule has 3 aromatic heterocycles. The van der Waals surface area contributed by atoms with Crippen molar-refractivity contribution in [1.82, 2.24) is 14.2 Å². The van der Waals surface area contributed by atoms with Crippen molar-refractivity contribution in [2.45, 2.75) is 53.9 Å². The van der Waals surface area contributed by atoms with Crippen molar-refractivity contribution in [3.8, 4) is 11.1 Å². The maximum Gasteiger partial charge on any atom is 0.282 e. The van der Waals surface area contributed by atoms with Crippen molar-refractivity contribution in [2.75, 3.05) is 0 Å². The maximum atomic E-state index is 13.4. The molecule has 4 rings (SSSR count). The Kier molecular flexibility index (Phi) is 6.13. The van der Waals surface area contributed by atoms with Gasteiger partial charge in [-0.1, -0.05) is 36.7 Å². The predicted molar refractivity (Wildman–Crippen MR) is 143 cm³/mol. The second-order valence-electron chi connectivity index (χ2n) is 9.45. The van der Waals surface area contributed by atoms with Gasteiger partial charge in [0.05, 0.1) is 22.7 Å². The van der Waals surface area contributed by atoms with Crippen molar-refractivity contribution < 1.29 is 0 Å². The van der Waals surface area contributed by atoms with Crippen molar-refractivity contribution in [1.29, 1.82) is 5.26 Å². The van der Waals surface area contributed by atoms with E-state index in [-0.39, 0.29) is 11.0 Å². The summed E-state index contributed by atoms with van der Waals surface area (Å²) in [7, 11) is 0. The van der Waals surface area contributed by atoms with Crippen LogP contribution in [-0.4, -0.2) is 20.4 Å². The molecule has 8 heteroatoms. The summed E-state index contributed by atoms with van der Waals surface area (Å²) in [5, 5.41) is 15.8. The fraction of sp³-hybridized carbons (Fsp3) is 0.308. The number of fused-ring (bicyclic) bond motifs is 1. The van der Waals surface area contributed by atoms with Crippen molar-refractivity contribution in [2.24, 2.45) is 5.10 Å². The van der Waals surface area contributed by atoms with Crippen molar-refractivity contribution >= 4 is 44.4 Å². The zero-order valence-corrected chi connectivity index (χ0v) is 22.7. The fourth-order valence-electron chi connectivity index (χ4n) is 3.99. The highest BCUT2D eigenvalue weighted by Gasteiger charge is 2.23. The Hall–Kier alpha value is -3.02. The summed E-state index contributed by atoms with van der Waals surface area (Å²) in [6, 6.07) is 9.88. The van der Waals surface area contributed by atoms with E-state index in [0.717, 1.165) is 36.9 Å². The summed E-state index contributed by atoms with van der Waals surface area (Å²) in [6.07, 6.45) is 1.71. The van der Waals surface area contributed by atoms with Gasteiger partial charge in [-0.05, 0) is 57.5 Å². The minimum absolute atomic E-state index is 0.211. The second-order valence-corrected chi connectivity index (χ2v) is 11.6. The summed E-state index contributed by atoms with van der Waals surface area (Å²) in [6.45, 7) is 14.1. The van der Waals surface area contributed by atoms with Crippen LogP contribution in [0.2, 0.25) is 0 Å². The Morgan fingerprint density at radius 2 is 1.88 bits per heavy atom. The molecule has 1 aromatic carbocycles. The molecule has 0 saturated heterocycles. The lowest BCUT2D eigenvalue weighted by atomic mass is 9.95. The first kappa shape index (κ1) is 24.1. The minimum atomic E-state index is -0.387. The lowest BCUT2D eigenvalue weighted by Gasteiger charge is -2.20. The third-order valence-corrected chi connectivity index (χ3v) is 7.63. The molecule has 4 aromatic rings. The van der Waals surface area contributed by atoms with Crippen molar-refractivity contribution in [3.63, 3.8) is 0 Å². The number of thiophene rings is 1. The number of hydrogen-bond acceptors (Lipinski definition) is 5. The third-order valence-electron chi connectivity index (χ3n) is 5.94. The van der Waals surface area contributed by atoms with Crippen LogP contribution in [0.3, 0.4) is 0 Å². The number of halogens is 1. The molecule has 0 amide bonds. The van der Waals surface area contributed by atoms with Crippen LogP contribution in [0.4, 0.5) is 0 Å². The molecule has 0 saturated carbocycles. The molecule has 0 aliphatic heterocycles. The molecule has 0 spiro atoms. The number of hydrogen-bond donors (Lipinski definition) is 0. The van der Waals surface area contributed by atoms with Crippen LogP contribution in [0, 0.1) is 39.0 Å². The Balaban J connectivity index is 1.89.